The Hall–Kier alpha value is -2.24. The Bertz CT molecular complexity index is 1310. The van der Waals surface area contributed by atoms with Crippen LogP contribution >= 0.6 is 0 Å². The molecule has 93 heavy (non-hydrogen) atoms. The molecule has 0 aliphatic heterocycles. The van der Waals surface area contributed by atoms with Crippen LogP contribution in [0.15, 0.2) is 0 Å². The number of ether oxygens (including phenoxy) is 4. The second-order valence-electron chi connectivity index (χ2n) is 28.4. The molecule has 11 heteroatoms. The van der Waals surface area contributed by atoms with Gasteiger partial charge in [0.1, 0.15) is 0 Å². The molecule has 11 nitrogen and oxygen atoms in total. The van der Waals surface area contributed by atoms with Crippen LogP contribution in [0.25, 0.3) is 0 Å². The van der Waals surface area contributed by atoms with Gasteiger partial charge >= 0.3 is 23.9 Å². The molecule has 0 aliphatic carbocycles. The Morgan fingerprint density at radius 3 is 0.570 bits per heavy atom. The normalized spacial score (nSPS) is 11.6. The van der Waals surface area contributed by atoms with Crippen LogP contribution in [-0.2, 0) is 38.1 Å². The van der Waals surface area contributed by atoms with Crippen molar-refractivity contribution < 1.29 is 38.1 Å². The molecular weight excluding hydrogens is 1150 g/mol. The first-order valence-electron chi connectivity index (χ1n) is 41.6. The van der Waals surface area contributed by atoms with Crippen molar-refractivity contribution in [3.05, 3.63) is 0 Å². The first-order chi connectivity index (χ1) is 45.9. The van der Waals surface area contributed by atoms with E-state index in [9.17, 15) is 19.2 Å². The summed E-state index contributed by atoms with van der Waals surface area (Å²) in [5, 5.41) is 3.87. The molecule has 0 saturated carbocycles. The third kappa shape index (κ3) is 75.4. The summed E-state index contributed by atoms with van der Waals surface area (Å²) < 4.78 is 22.0. The molecular formula is C82H161N3O8. The Morgan fingerprint density at radius 2 is 0.366 bits per heavy atom. The molecule has 0 amide bonds. The maximum Gasteiger partial charge on any atom is 0.305 e. The van der Waals surface area contributed by atoms with E-state index >= 15 is 0 Å². The number of nitrogens with one attached hydrogen (secondary N) is 1. The van der Waals surface area contributed by atoms with Gasteiger partial charge in [-0.05, 0) is 142 Å². The average Bonchev–Trinajstić information content (AvgIpc) is 3.59. The monoisotopic (exact) mass is 1320 g/mol. The summed E-state index contributed by atoms with van der Waals surface area (Å²) in [4.78, 5) is 53.7. The van der Waals surface area contributed by atoms with Gasteiger partial charge in [-0.25, -0.2) is 0 Å². The fraction of sp³-hybridized carbons (Fsp3) is 0.951. The molecule has 0 bridgehead atoms. The van der Waals surface area contributed by atoms with Gasteiger partial charge < -0.3 is 34.1 Å². The zero-order chi connectivity index (χ0) is 67.3. The van der Waals surface area contributed by atoms with E-state index in [-0.39, 0.29) is 23.9 Å². The van der Waals surface area contributed by atoms with E-state index in [1.165, 1.54) is 335 Å². The molecule has 0 aromatic carbocycles. The van der Waals surface area contributed by atoms with Crippen molar-refractivity contribution >= 4 is 23.9 Å². The van der Waals surface area contributed by atoms with Gasteiger partial charge in [0.05, 0.1) is 26.4 Å². The van der Waals surface area contributed by atoms with E-state index in [2.05, 4.69) is 42.8 Å². The SMILES string of the molecule is CCCCCCCC(=O)OCCCCCCCCCCCN(CCCCCCCCCCCOC(=O)CCCCCCC)CCCNCCCN(CCCCCCCCCCCOC(=O)CCCCCCC)CCCCCCCCCCCOC(=O)CCCCCCC. The second-order valence-corrected chi connectivity index (χ2v) is 28.4. The van der Waals surface area contributed by atoms with E-state index in [0.29, 0.717) is 52.1 Å². The minimum absolute atomic E-state index is 0.00249. The summed E-state index contributed by atoms with van der Waals surface area (Å²) >= 11 is 0. The van der Waals surface area contributed by atoms with Crippen molar-refractivity contribution in [2.24, 2.45) is 0 Å². The van der Waals surface area contributed by atoms with E-state index in [1.54, 1.807) is 0 Å². The van der Waals surface area contributed by atoms with Gasteiger partial charge in [0.25, 0.3) is 0 Å². The van der Waals surface area contributed by atoms with Gasteiger partial charge in [-0.15, -0.1) is 0 Å². The van der Waals surface area contributed by atoms with Crippen LogP contribution in [-0.4, -0.2) is 112 Å². The molecule has 0 aliphatic rings. The summed E-state index contributed by atoms with van der Waals surface area (Å²) in [6, 6.07) is 0. The van der Waals surface area contributed by atoms with Crippen LogP contribution in [0.5, 0.6) is 0 Å². The average molecular weight is 1320 g/mol. The number of carbonyl (C=O) groups excluding carboxylic acids is 4. The number of nitrogens with zero attached hydrogens (tertiary/aromatic N) is 2. The van der Waals surface area contributed by atoms with Crippen LogP contribution in [0.2, 0.25) is 0 Å². The minimum atomic E-state index is -0.00249. The lowest BCUT2D eigenvalue weighted by Gasteiger charge is -2.23. The van der Waals surface area contributed by atoms with Gasteiger partial charge in [-0.3, -0.25) is 19.2 Å². The molecule has 552 valence electrons. The molecule has 0 radical (unpaired) electrons. The van der Waals surface area contributed by atoms with E-state index in [4.69, 9.17) is 18.9 Å². The van der Waals surface area contributed by atoms with Crippen LogP contribution < -0.4 is 5.32 Å². The van der Waals surface area contributed by atoms with E-state index < -0.39 is 0 Å². The lowest BCUT2D eigenvalue weighted by atomic mass is 10.1. The van der Waals surface area contributed by atoms with Crippen LogP contribution in [0.4, 0.5) is 0 Å². The number of carbonyl (C=O) groups is 4. The summed E-state index contributed by atoms with van der Waals surface area (Å²) in [7, 11) is 0. The second kappa shape index (κ2) is 78.8. The standard InChI is InChI=1S/C82H161N3O8/c1-5-9-13-37-49-63-79(86)90-75-57-45-33-25-17-21-29-41-53-69-84(70-54-42-30-22-18-26-34-46-58-76-91-80(87)64-50-38-14-10-6-2)73-61-67-83-68-62-74-85(71-55-43-31-23-19-27-35-47-59-77-92-81(88)65-51-39-15-11-7-3)72-56-44-32-24-20-28-36-48-60-78-93-82(89)66-52-40-16-12-8-4/h83H,5-78H2,1-4H3. The molecule has 0 spiro atoms. The molecule has 1 N–H and O–H groups in total. The van der Waals surface area contributed by atoms with Crippen LogP contribution in [0.3, 0.4) is 0 Å². The van der Waals surface area contributed by atoms with Crippen molar-refractivity contribution in [3.8, 4) is 0 Å². The molecule has 0 fully saturated rings. The highest BCUT2D eigenvalue weighted by Gasteiger charge is 2.10. The summed E-state index contributed by atoms with van der Waals surface area (Å²) in [6.07, 6.45) is 73.8. The van der Waals surface area contributed by atoms with Crippen molar-refractivity contribution in [2.45, 2.75) is 426 Å². The number of hydrogen-bond acceptors (Lipinski definition) is 11. The Kier molecular flexibility index (Phi) is 76.9. The third-order valence-electron chi connectivity index (χ3n) is 19.1. The smallest absolute Gasteiger partial charge is 0.305 e. The van der Waals surface area contributed by atoms with Crippen LogP contribution in [0.1, 0.15) is 426 Å². The quantitative estimate of drug-likeness (QED) is 0.0356. The predicted octanol–water partition coefficient (Wildman–Crippen LogP) is 23.6. The zero-order valence-electron chi connectivity index (χ0n) is 63.0. The Labute approximate surface area is 578 Å². The number of rotatable bonds is 80. The van der Waals surface area contributed by atoms with Gasteiger partial charge in [0.2, 0.25) is 0 Å². The lowest BCUT2D eigenvalue weighted by Crippen LogP contribution is -2.31. The first kappa shape index (κ1) is 90.8. The van der Waals surface area contributed by atoms with Crippen molar-refractivity contribution in [1.29, 1.82) is 0 Å². The maximum absolute atomic E-state index is 12.0. The van der Waals surface area contributed by atoms with Gasteiger partial charge in [-0.2, -0.15) is 0 Å². The van der Waals surface area contributed by atoms with Crippen molar-refractivity contribution in [3.63, 3.8) is 0 Å². The van der Waals surface area contributed by atoms with Gasteiger partial charge in [0.15, 0.2) is 0 Å². The third-order valence-corrected chi connectivity index (χ3v) is 19.1. The predicted molar refractivity (Wildman–Crippen MR) is 399 cm³/mol. The largest absolute Gasteiger partial charge is 0.466 e. The first-order valence-corrected chi connectivity index (χ1v) is 41.6. The van der Waals surface area contributed by atoms with E-state index in [1.807, 2.05) is 0 Å². The van der Waals surface area contributed by atoms with Crippen molar-refractivity contribution in [1.82, 2.24) is 15.1 Å². The van der Waals surface area contributed by atoms with Crippen LogP contribution in [0, 0.1) is 0 Å². The molecule has 0 rings (SSSR count). The zero-order valence-corrected chi connectivity index (χ0v) is 63.0. The maximum atomic E-state index is 12.0. The van der Waals surface area contributed by atoms with Gasteiger partial charge in [0, 0.05) is 25.7 Å². The minimum Gasteiger partial charge on any atom is -0.466 e. The van der Waals surface area contributed by atoms with Gasteiger partial charge in [-0.1, -0.05) is 310 Å². The lowest BCUT2D eigenvalue weighted by molar-refractivity contribution is -0.144. The summed E-state index contributed by atoms with van der Waals surface area (Å²) in [5.41, 5.74) is 0. The Balaban J connectivity index is 4.82. The molecule has 0 aromatic rings. The Morgan fingerprint density at radius 1 is 0.204 bits per heavy atom. The highest BCUT2D eigenvalue weighted by atomic mass is 16.5. The fourth-order valence-corrected chi connectivity index (χ4v) is 12.9. The summed E-state index contributed by atoms with van der Waals surface area (Å²) in [6.45, 7) is 20.9. The number of unbranched alkanes of at least 4 members (excludes halogenated alkanes) is 48. The molecule has 0 unspecified atom stereocenters. The van der Waals surface area contributed by atoms with E-state index in [0.717, 1.165) is 90.1 Å². The molecule has 0 atom stereocenters. The highest BCUT2D eigenvalue weighted by molar-refractivity contribution is 5.70. The molecule has 0 heterocycles. The topological polar surface area (TPSA) is 124 Å². The van der Waals surface area contributed by atoms with Crippen molar-refractivity contribution in [2.75, 3.05) is 78.8 Å². The fourth-order valence-electron chi connectivity index (χ4n) is 12.9. The summed E-state index contributed by atoms with van der Waals surface area (Å²) in [5.74, 6) is -0.00995. The highest BCUT2D eigenvalue weighted by Crippen LogP contribution is 2.18. The molecule has 0 aromatic heterocycles. The number of esters is 4. The number of hydrogen-bond donors (Lipinski definition) is 1. The molecule has 0 saturated heterocycles.